The van der Waals surface area contributed by atoms with Crippen LogP contribution in [0.1, 0.15) is 0 Å². The first-order chi connectivity index (χ1) is 5.79. The Hall–Kier alpha value is -1.49. The third-order valence-electron chi connectivity index (χ3n) is 1.82. The molecule has 5 nitrogen and oxygen atoms in total. The first-order valence-electron chi connectivity index (χ1n) is 3.61. The van der Waals surface area contributed by atoms with Gasteiger partial charge in [-0.25, -0.2) is 9.97 Å². The normalized spacial score (nSPS) is 22.2. The summed E-state index contributed by atoms with van der Waals surface area (Å²) >= 11 is 0. The van der Waals surface area contributed by atoms with Gasteiger partial charge in [0.25, 0.3) is 0 Å². The van der Waals surface area contributed by atoms with Crippen molar-refractivity contribution in [3.8, 4) is 0 Å². The molecule has 1 fully saturated rings. The van der Waals surface area contributed by atoms with E-state index in [-0.39, 0.29) is 11.9 Å². The molecule has 1 aliphatic heterocycles. The Labute approximate surface area is 69.2 Å². The average Bonchev–Trinajstić information content (AvgIpc) is 2.15. The standard InChI is InChI=1S/C7H8N4O/c8-6-3-11(7(6)12)5-1-9-4-10-2-5/h1-2,4,6H,3,8H2. The van der Waals surface area contributed by atoms with Crippen LogP contribution in [0.25, 0.3) is 0 Å². The maximum absolute atomic E-state index is 11.1. The number of anilines is 1. The van der Waals surface area contributed by atoms with E-state index >= 15 is 0 Å². The molecule has 1 aromatic heterocycles. The molecule has 0 aromatic carbocycles. The van der Waals surface area contributed by atoms with Crippen LogP contribution in [-0.4, -0.2) is 28.5 Å². The van der Waals surface area contributed by atoms with Gasteiger partial charge in [-0.2, -0.15) is 0 Å². The number of amides is 1. The number of hydrogen-bond acceptors (Lipinski definition) is 4. The van der Waals surface area contributed by atoms with E-state index < -0.39 is 0 Å². The number of hydrogen-bond donors (Lipinski definition) is 1. The molecule has 1 aliphatic rings. The van der Waals surface area contributed by atoms with E-state index in [1.165, 1.54) is 6.33 Å². The van der Waals surface area contributed by atoms with Gasteiger partial charge in [-0.3, -0.25) is 4.79 Å². The fraction of sp³-hybridized carbons (Fsp3) is 0.286. The Morgan fingerprint density at radius 1 is 1.50 bits per heavy atom. The van der Waals surface area contributed by atoms with Crippen molar-refractivity contribution < 1.29 is 4.79 Å². The molecule has 2 heterocycles. The van der Waals surface area contributed by atoms with Crippen LogP contribution in [0.2, 0.25) is 0 Å². The largest absolute Gasteiger partial charge is 0.318 e. The lowest BCUT2D eigenvalue weighted by Crippen LogP contribution is -2.61. The second-order valence-electron chi connectivity index (χ2n) is 2.65. The molecule has 1 unspecified atom stereocenters. The van der Waals surface area contributed by atoms with Crippen LogP contribution < -0.4 is 10.6 Å². The number of rotatable bonds is 1. The molecule has 0 radical (unpaired) electrons. The Bertz CT molecular complexity index is 300. The molecule has 0 aliphatic carbocycles. The molecule has 5 heteroatoms. The van der Waals surface area contributed by atoms with E-state index in [1.807, 2.05) is 0 Å². The van der Waals surface area contributed by atoms with Crippen LogP contribution >= 0.6 is 0 Å². The van der Waals surface area contributed by atoms with Gasteiger partial charge in [-0.05, 0) is 0 Å². The minimum atomic E-state index is -0.342. The summed E-state index contributed by atoms with van der Waals surface area (Å²) < 4.78 is 0. The third kappa shape index (κ3) is 0.947. The molecule has 2 rings (SSSR count). The summed E-state index contributed by atoms with van der Waals surface area (Å²) in [5, 5.41) is 0. The van der Waals surface area contributed by atoms with E-state index in [9.17, 15) is 4.79 Å². The van der Waals surface area contributed by atoms with Gasteiger partial charge in [0.15, 0.2) is 0 Å². The van der Waals surface area contributed by atoms with Gasteiger partial charge < -0.3 is 10.6 Å². The van der Waals surface area contributed by atoms with E-state index in [0.717, 1.165) is 0 Å². The van der Waals surface area contributed by atoms with Gasteiger partial charge in [0.1, 0.15) is 12.4 Å². The van der Waals surface area contributed by atoms with E-state index in [4.69, 9.17) is 5.73 Å². The molecule has 1 aromatic rings. The lowest BCUT2D eigenvalue weighted by molar-refractivity contribution is -0.123. The number of carbonyl (C=O) groups excluding carboxylic acids is 1. The van der Waals surface area contributed by atoms with E-state index in [2.05, 4.69) is 9.97 Å². The number of aromatic nitrogens is 2. The zero-order chi connectivity index (χ0) is 8.55. The number of nitrogens with zero attached hydrogens (tertiary/aromatic N) is 3. The van der Waals surface area contributed by atoms with Crippen LogP contribution in [0.15, 0.2) is 18.7 Å². The first-order valence-corrected chi connectivity index (χ1v) is 3.61. The second-order valence-corrected chi connectivity index (χ2v) is 2.65. The SMILES string of the molecule is NC1CN(c2cncnc2)C1=O. The highest BCUT2D eigenvalue weighted by Crippen LogP contribution is 2.18. The number of carbonyl (C=O) groups is 1. The van der Waals surface area contributed by atoms with Crippen molar-refractivity contribution >= 4 is 11.6 Å². The van der Waals surface area contributed by atoms with Crippen LogP contribution in [0.3, 0.4) is 0 Å². The Morgan fingerprint density at radius 3 is 2.67 bits per heavy atom. The fourth-order valence-electron chi connectivity index (χ4n) is 1.12. The van der Waals surface area contributed by atoms with Crippen molar-refractivity contribution in [2.45, 2.75) is 6.04 Å². The Kier molecular flexibility index (Phi) is 1.51. The van der Waals surface area contributed by atoms with Crippen LogP contribution in [0.4, 0.5) is 5.69 Å². The summed E-state index contributed by atoms with van der Waals surface area (Å²) in [5.41, 5.74) is 6.13. The van der Waals surface area contributed by atoms with Crippen molar-refractivity contribution in [1.29, 1.82) is 0 Å². The minimum Gasteiger partial charge on any atom is -0.318 e. The molecular weight excluding hydrogens is 156 g/mol. The molecular formula is C7H8N4O. The quantitative estimate of drug-likeness (QED) is 0.549. The van der Waals surface area contributed by atoms with Gasteiger partial charge in [-0.1, -0.05) is 0 Å². The maximum Gasteiger partial charge on any atom is 0.245 e. The number of β-lactam (4-membered cyclic amide) rings is 1. The van der Waals surface area contributed by atoms with Crippen molar-refractivity contribution in [1.82, 2.24) is 9.97 Å². The summed E-state index contributed by atoms with van der Waals surface area (Å²) in [6.07, 6.45) is 4.61. The molecule has 1 saturated heterocycles. The highest BCUT2D eigenvalue weighted by molar-refractivity contribution is 6.03. The zero-order valence-electron chi connectivity index (χ0n) is 6.34. The van der Waals surface area contributed by atoms with Crippen molar-refractivity contribution in [3.05, 3.63) is 18.7 Å². The monoisotopic (exact) mass is 164 g/mol. The topological polar surface area (TPSA) is 72.1 Å². The molecule has 1 amide bonds. The average molecular weight is 164 g/mol. The van der Waals surface area contributed by atoms with E-state index in [0.29, 0.717) is 12.2 Å². The van der Waals surface area contributed by atoms with Gasteiger partial charge in [0.2, 0.25) is 5.91 Å². The smallest absolute Gasteiger partial charge is 0.245 e. The zero-order valence-corrected chi connectivity index (χ0v) is 6.34. The van der Waals surface area contributed by atoms with Crippen LogP contribution in [0, 0.1) is 0 Å². The summed E-state index contributed by atoms with van der Waals surface area (Å²) in [5.74, 6) is -0.0650. The molecule has 12 heavy (non-hydrogen) atoms. The Morgan fingerprint density at radius 2 is 2.17 bits per heavy atom. The molecule has 2 N–H and O–H groups in total. The minimum absolute atomic E-state index is 0.0650. The third-order valence-corrected chi connectivity index (χ3v) is 1.82. The number of nitrogens with two attached hydrogens (primary N) is 1. The lowest BCUT2D eigenvalue weighted by atomic mass is 10.1. The first kappa shape index (κ1) is 7.17. The van der Waals surface area contributed by atoms with Gasteiger partial charge in [0, 0.05) is 0 Å². The van der Waals surface area contributed by atoms with Crippen LogP contribution in [0.5, 0.6) is 0 Å². The summed E-state index contributed by atoms with van der Waals surface area (Å²) in [4.78, 5) is 20.3. The van der Waals surface area contributed by atoms with Crippen LogP contribution in [-0.2, 0) is 4.79 Å². The van der Waals surface area contributed by atoms with Crippen molar-refractivity contribution in [2.24, 2.45) is 5.73 Å². The van der Waals surface area contributed by atoms with Crippen molar-refractivity contribution in [3.63, 3.8) is 0 Å². The van der Waals surface area contributed by atoms with Gasteiger partial charge >= 0.3 is 0 Å². The Balaban J connectivity index is 2.19. The second kappa shape index (κ2) is 2.53. The predicted molar refractivity (Wildman–Crippen MR) is 42.4 cm³/mol. The fourth-order valence-corrected chi connectivity index (χ4v) is 1.12. The lowest BCUT2D eigenvalue weighted by Gasteiger charge is -2.35. The summed E-state index contributed by atoms with van der Waals surface area (Å²) in [6, 6.07) is -0.342. The molecule has 0 saturated carbocycles. The molecule has 62 valence electrons. The summed E-state index contributed by atoms with van der Waals surface area (Å²) in [7, 11) is 0. The summed E-state index contributed by atoms with van der Waals surface area (Å²) in [6.45, 7) is 0.562. The predicted octanol–water partition coefficient (Wildman–Crippen LogP) is -0.850. The molecule has 0 bridgehead atoms. The van der Waals surface area contributed by atoms with Crippen molar-refractivity contribution in [2.75, 3.05) is 11.4 Å². The maximum atomic E-state index is 11.1. The molecule has 0 spiro atoms. The highest BCUT2D eigenvalue weighted by Gasteiger charge is 2.34. The van der Waals surface area contributed by atoms with Gasteiger partial charge in [-0.15, -0.1) is 0 Å². The highest BCUT2D eigenvalue weighted by atomic mass is 16.2. The van der Waals surface area contributed by atoms with E-state index in [1.54, 1.807) is 17.3 Å². The van der Waals surface area contributed by atoms with Gasteiger partial charge in [0.05, 0.1) is 24.6 Å². The molecule has 1 atom stereocenters.